The Hall–Kier alpha value is -3.59. The lowest BCUT2D eigenvalue weighted by molar-refractivity contribution is -0.130. The number of hydrogen-bond donors (Lipinski definition) is 3. The SMILES string of the molecule is CC(C)C[C@H](NC(=O)N1CCCCCC1)C(=O)N[C@@H](Cc1ccc(OCc2ccccc2)cc1)C(=O)NCCCN1CCCC1. The molecule has 246 valence electrons. The molecule has 2 heterocycles. The predicted molar refractivity (Wildman–Crippen MR) is 178 cm³/mol. The summed E-state index contributed by atoms with van der Waals surface area (Å²) >= 11 is 0. The zero-order valence-electron chi connectivity index (χ0n) is 27.3. The average molecular weight is 620 g/mol. The Labute approximate surface area is 269 Å². The number of hydrogen-bond acceptors (Lipinski definition) is 5. The van der Waals surface area contributed by atoms with Gasteiger partial charge in [-0.2, -0.15) is 0 Å². The molecule has 3 N–H and O–H groups in total. The van der Waals surface area contributed by atoms with Gasteiger partial charge in [0.2, 0.25) is 11.8 Å². The zero-order chi connectivity index (χ0) is 31.9. The van der Waals surface area contributed by atoms with Crippen LogP contribution in [0, 0.1) is 5.92 Å². The van der Waals surface area contributed by atoms with Gasteiger partial charge in [0, 0.05) is 26.1 Å². The van der Waals surface area contributed by atoms with Crippen LogP contribution in [0.25, 0.3) is 0 Å². The lowest BCUT2D eigenvalue weighted by Gasteiger charge is -2.27. The molecule has 0 bridgehead atoms. The standard InChI is InChI=1S/C36H53N5O4/c1-28(2)25-32(39-36(44)41-23-8-3-4-9-24-41)35(43)38-33(34(42)37-19-12-22-40-20-10-11-21-40)26-29-15-17-31(18-16-29)45-27-30-13-6-5-7-14-30/h5-7,13-18,28,32-33H,3-4,8-12,19-27H2,1-2H3,(H,37,42)(H,38,43)(H,39,44)/t32-,33-/m0/s1. The van der Waals surface area contributed by atoms with Gasteiger partial charge < -0.3 is 30.5 Å². The van der Waals surface area contributed by atoms with Crippen LogP contribution in [-0.2, 0) is 22.6 Å². The molecule has 0 radical (unpaired) electrons. The molecule has 2 aromatic rings. The van der Waals surface area contributed by atoms with E-state index in [1.54, 1.807) is 0 Å². The number of carbonyl (C=O) groups excluding carboxylic acids is 3. The minimum absolute atomic E-state index is 0.187. The van der Waals surface area contributed by atoms with Crippen LogP contribution in [-0.4, -0.2) is 79.0 Å². The molecule has 2 aliphatic rings. The number of urea groups is 1. The highest BCUT2D eigenvalue weighted by Gasteiger charge is 2.29. The number of ether oxygens (including phenoxy) is 1. The smallest absolute Gasteiger partial charge is 0.318 e. The minimum atomic E-state index is -0.773. The average Bonchev–Trinajstić information content (AvgIpc) is 3.41. The van der Waals surface area contributed by atoms with Gasteiger partial charge in [-0.05, 0) is 87.3 Å². The first-order valence-corrected chi connectivity index (χ1v) is 17.0. The molecule has 2 saturated heterocycles. The quantitative estimate of drug-likeness (QED) is 0.246. The maximum atomic E-state index is 13.7. The third kappa shape index (κ3) is 12.0. The molecule has 4 rings (SSSR count). The Morgan fingerprint density at radius 1 is 0.756 bits per heavy atom. The summed E-state index contributed by atoms with van der Waals surface area (Å²) in [6, 6.07) is 16.0. The molecular weight excluding hydrogens is 566 g/mol. The molecule has 0 aromatic heterocycles. The van der Waals surface area contributed by atoms with Gasteiger partial charge in [-0.1, -0.05) is 69.2 Å². The third-order valence-corrected chi connectivity index (χ3v) is 8.61. The number of nitrogens with one attached hydrogen (secondary N) is 3. The monoisotopic (exact) mass is 619 g/mol. The highest BCUT2D eigenvalue weighted by Crippen LogP contribution is 2.17. The maximum absolute atomic E-state index is 13.7. The largest absolute Gasteiger partial charge is 0.489 e. The zero-order valence-corrected chi connectivity index (χ0v) is 27.3. The summed E-state index contributed by atoms with van der Waals surface area (Å²) in [5.74, 6) is 0.387. The van der Waals surface area contributed by atoms with Gasteiger partial charge in [0.15, 0.2) is 0 Å². The van der Waals surface area contributed by atoms with Crippen LogP contribution < -0.4 is 20.7 Å². The fourth-order valence-electron chi connectivity index (χ4n) is 6.04. The van der Waals surface area contributed by atoms with E-state index in [9.17, 15) is 14.4 Å². The fourth-order valence-corrected chi connectivity index (χ4v) is 6.04. The van der Waals surface area contributed by atoms with Crippen molar-refractivity contribution in [3.63, 3.8) is 0 Å². The molecular formula is C36H53N5O4. The van der Waals surface area contributed by atoms with Crippen molar-refractivity contribution in [2.75, 3.05) is 39.3 Å². The van der Waals surface area contributed by atoms with Crippen molar-refractivity contribution >= 4 is 17.8 Å². The molecule has 2 aliphatic heterocycles. The fraction of sp³-hybridized carbons (Fsp3) is 0.583. The summed E-state index contributed by atoms with van der Waals surface area (Å²) in [5.41, 5.74) is 2.00. The van der Waals surface area contributed by atoms with E-state index in [1.807, 2.05) is 73.3 Å². The molecule has 2 atom stereocenters. The van der Waals surface area contributed by atoms with Crippen molar-refractivity contribution in [2.24, 2.45) is 5.92 Å². The first-order chi connectivity index (χ1) is 21.9. The molecule has 2 aromatic carbocycles. The van der Waals surface area contributed by atoms with Crippen molar-refractivity contribution < 1.29 is 19.1 Å². The minimum Gasteiger partial charge on any atom is -0.489 e. The van der Waals surface area contributed by atoms with Crippen LogP contribution in [0.3, 0.4) is 0 Å². The number of benzene rings is 2. The van der Waals surface area contributed by atoms with E-state index >= 15 is 0 Å². The second-order valence-electron chi connectivity index (χ2n) is 12.9. The molecule has 45 heavy (non-hydrogen) atoms. The summed E-state index contributed by atoms with van der Waals surface area (Å²) in [6.07, 6.45) is 8.35. The Morgan fingerprint density at radius 2 is 1.42 bits per heavy atom. The Morgan fingerprint density at radius 3 is 2.09 bits per heavy atom. The first-order valence-electron chi connectivity index (χ1n) is 17.0. The molecule has 9 heteroatoms. The van der Waals surface area contributed by atoms with Gasteiger partial charge >= 0.3 is 6.03 Å². The summed E-state index contributed by atoms with van der Waals surface area (Å²) < 4.78 is 5.94. The number of likely N-dealkylation sites (tertiary alicyclic amines) is 2. The topological polar surface area (TPSA) is 103 Å². The van der Waals surface area contributed by atoms with Gasteiger partial charge in [0.05, 0.1) is 0 Å². The van der Waals surface area contributed by atoms with Crippen molar-refractivity contribution in [1.82, 2.24) is 25.8 Å². The third-order valence-electron chi connectivity index (χ3n) is 8.61. The summed E-state index contributed by atoms with van der Waals surface area (Å²) in [4.78, 5) is 44.6. The van der Waals surface area contributed by atoms with Crippen LogP contribution >= 0.6 is 0 Å². The van der Waals surface area contributed by atoms with E-state index < -0.39 is 12.1 Å². The van der Waals surface area contributed by atoms with E-state index in [0.717, 1.165) is 68.6 Å². The van der Waals surface area contributed by atoms with Crippen molar-refractivity contribution in [1.29, 1.82) is 0 Å². The molecule has 2 fully saturated rings. The first kappa shape index (κ1) is 34.3. The number of carbonyl (C=O) groups is 3. The van der Waals surface area contributed by atoms with Gasteiger partial charge in [-0.3, -0.25) is 9.59 Å². The molecule has 0 aliphatic carbocycles. The van der Waals surface area contributed by atoms with E-state index in [2.05, 4.69) is 20.9 Å². The second-order valence-corrected chi connectivity index (χ2v) is 12.9. The van der Waals surface area contributed by atoms with Crippen LogP contribution in [0.5, 0.6) is 5.75 Å². The van der Waals surface area contributed by atoms with Crippen LogP contribution in [0.15, 0.2) is 54.6 Å². The highest BCUT2D eigenvalue weighted by atomic mass is 16.5. The molecule has 4 amide bonds. The Bertz CT molecular complexity index is 1180. The van der Waals surface area contributed by atoms with Gasteiger partial charge in [0.25, 0.3) is 0 Å². The van der Waals surface area contributed by atoms with Crippen molar-refractivity contribution in [3.8, 4) is 5.75 Å². The summed E-state index contributed by atoms with van der Waals surface area (Å²) in [7, 11) is 0. The normalized spacial score (nSPS) is 16.9. The number of rotatable bonds is 15. The maximum Gasteiger partial charge on any atom is 0.318 e. The van der Waals surface area contributed by atoms with Gasteiger partial charge in [-0.25, -0.2) is 4.79 Å². The van der Waals surface area contributed by atoms with Crippen LogP contribution in [0.2, 0.25) is 0 Å². The van der Waals surface area contributed by atoms with E-state index in [-0.39, 0.29) is 23.8 Å². The van der Waals surface area contributed by atoms with Crippen molar-refractivity contribution in [2.45, 2.75) is 90.3 Å². The molecule has 0 spiro atoms. The van der Waals surface area contributed by atoms with Crippen molar-refractivity contribution in [3.05, 3.63) is 65.7 Å². The van der Waals surface area contributed by atoms with Gasteiger partial charge in [-0.15, -0.1) is 0 Å². The summed E-state index contributed by atoms with van der Waals surface area (Å²) in [5, 5.41) is 9.06. The highest BCUT2D eigenvalue weighted by molar-refractivity contribution is 5.92. The molecule has 0 saturated carbocycles. The Kier molecular flexibility index (Phi) is 14.0. The summed E-state index contributed by atoms with van der Waals surface area (Å²) in [6.45, 7) is 9.70. The molecule has 9 nitrogen and oxygen atoms in total. The number of amides is 4. The van der Waals surface area contributed by atoms with E-state index in [1.165, 1.54) is 12.8 Å². The second kappa shape index (κ2) is 18.4. The van der Waals surface area contributed by atoms with Crippen LogP contribution in [0.4, 0.5) is 4.79 Å². The lowest BCUT2D eigenvalue weighted by Crippen LogP contribution is -2.56. The number of nitrogens with zero attached hydrogens (tertiary/aromatic N) is 2. The van der Waals surface area contributed by atoms with Gasteiger partial charge in [0.1, 0.15) is 24.4 Å². The Balaban J connectivity index is 1.39. The van der Waals surface area contributed by atoms with E-state index in [0.29, 0.717) is 39.1 Å². The lowest BCUT2D eigenvalue weighted by atomic mass is 10.0. The van der Waals surface area contributed by atoms with E-state index in [4.69, 9.17) is 4.74 Å². The predicted octanol–water partition coefficient (Wildman–Crippen LogP) is 4.90. The van der Waals surface area contributed by atoms with Crippen LogP contribution in [0.1, 0.15) is 76.3 Å². The molecule has 0 unspecified atom stereocenters.